The number of benzene rings is 1. The second-order valence-electron chi connectivity index (χ2n) is 10.8. The van der Waals surface area contributed by atoms with Gasteiger partial charge in [-0.2, -0.15) is 5.10 Å². The van der Waals surface area contributed by atoms with Crippen LogP contribution in [0.5, 0.6) is 5.75 Å². The first-order chi connectivity index (χ1) is 20.1. The minimum atomic E-state index is -0.802. The molecule has 0 saturated carbocycles. The summed E-state index contributed by atoms with van der Waals surface area (Å²) in [5.74, 6) is 0.163. The molecule has 1 N–H and O–H groups in total. The number of carbonyl (C=O) groups is 3. The minimum Gasteiger partial charge on any atom is -0.497 e. The quantitative estimate of drug-likeness (QED) is 0.290. The molecular formula is C30H33N5O6S. The van der Waals surface area contributed by atoms with E-state index in [1.165, 1.54) is 16.7 Å². The molecule has 0 radical (unpaired) electrons. The van der Waals surface area contributed by atoms with Gasteiger partial charge in [-0.25, -0.2) is 19.1 Å². The summed E-state index contributed by atoms with van der Waals surface area (Å²) in [4.78, 5) is 44.7. The van der Waals surface area contributed by atoms with Gasteiger partial charge in [-0.3, -0.25) is 9.69 Å². The van der Waals surface area contributed by atoms with Crippen molar-refractivity contribution in [2.45, 2.75) is 57.2 Å². The Kier molecular flexibility index (Phi) is 8.53. The van der Waals surface area contributed by atoms with Gasteiger partial charge in [-0.05, 0) is 69.0 Å². The van der Waals surface area contributed by atoms with Gasteiger partial charge in [0.25, 0.3) is 5.91 Å². The number of carbonyl (C=O) groups excluding carboxylic acids is 3. The van der Waals surface area contributed by atoms with Crippen molar-refractivity contribution in [1.82, 2.24) is 24.8 Å². The number of β-lactam (4-membered cyclic amide) rings is 1. The van der Waals surface area contributed by atoms with Crippen molar-refractivity contribution in [3.05, 3.63) is 83.5 Å². The monoisotopic (exact) mass is 591 g/mol. The van der Waals surface area contributed by atoms with Crippen molar-refractivity contribution < 1.29 is 28.6 Å². The number of nitrogens with one attached hydrogen (secondary N) is 1. The van der Waals surface area contributed by atoms with Crippen LogP contribution in [0.4, 0.5) is 4.79 Å². The van der Waals surface area contributed by atoms with E-state index in [0.717, 1.165) is 16.9 Å². The van der Waals surface area contributed by atoms with Crippen molar-refractivity contribution in [1.29, 1.82) is 0 Å². The van der Waals surface area contributed by atoms with Crippen molar-refractivity contribution in [2.24, 2.45) is 0 Å². The van der Waals surface area contributed by atoms with E-state index in [9.17, 15) is 14.4 Å². The summed E-state index contributed by atoms with van der Waals surface area (Å²) in [6.07, 6.45) is 8.02. The molecule has 2 atom stereocenters. The lowest BCUT2D eigenvalue weighted by Gasteiger charge is -2.49. The van der Waals surface area contributed by atoms with Gasteiger partial charge < -0.3 is 19.5 Å². The van der Waals surface area contributed by atoms with Crippen LogP contribution in [-0.2, 0) is 32.1 Å². The van der Waals surface area contributed by atoms with Gasteiger partial charge in [0, 0.05) is 18.1 Å². The number of esters is 1. The van der Waals surface area contributed by atoms with Crippen LogP contribution in [0, 0.1) is 0 Å². The molecule has 42 heavy (non-hydrogen) atoms. The van der Waals surface area contributed by atoms with Crippen LogP contribution in [0.2, 0.25) is 0 Å². The van der Waals surface area contributed by atoms with Crippen LogP contribution in [0.25, 0.3) is 5.65 Å². The predicted octanol–water partition coefficient (Wildman–Crippen LogP) is 4.03. The van der Waals surface area contributed by atoms with Gasteiger partial charge in [0.1, 0.15) is 35.1 Å². The molecule has 2 aromatic heterocycles. The topological polar surface area (TPSA) is 124 Å². The lowest BCUT2D eigenvalue weighted by atomic mass is 10.0. The van der Waals surface area contributed by atoms with E-state index in [2.05, 4.69) is 15.4 Å². The van der Waals surface area contributed by atoms with Crippen LogP contribution in [0.1, 0.15) is 38.4 Å². The van der Waals surface area contributed by atoms with Crippen LogP contribution in [0.15, 0.2) is 72.2 Å². The number of thioether (sulfide) groups is 1. The molecule has 11 nitrogen and oxygen atoms in total. The summed E-state index contributed by atoms with van der Waals surface area (Å²) in [6, 6.07) is 10.3. The highest BCUT2D eigenvalue weighted by atomic mass is 32.2. The Balaban J connectivity index is 1.31. The fourth-order valence-electron chi connectivity index (χ4n) is 4.58. The smallest absolute Gasteiger partial charge is 0.408 e. The Morgan fingerprint density at radius 3 is 2.69 bits per heavy atom. The highest BCUT2D eigenvalue weighted by Crippen LogP contribution is 2.41. The molecule has 1 fully saturated rings. The highest BCUT2D eigenvalue weighted by molar-refractivity contribution is 8.00. The third kappa shape index (κ3) is 6.59. The average Bonchev–Trinajstić information content (AvgIpc) is 3.44. The fourth-order valence-corrected chi connectivity index (χ4v) is 5.90. The van der Waals surface area contributed by atoms with Crippen LogP contribution in [0.3, 0.4) is 0 Å². The van der Waals surface area contributed by atoms with Crippen LogP contribution >= 0.6 is 11.8 Å². The Labute approximate surface area is 247 Å². The summed E-state index contributed by atoms with van der Waals surface area (Å²) in [5, 5.41) is 6.75. The number of hydrogen-bond acceptors (Lipinski definition) is 9. The molecule has 220 valence electrons. The number of aromatic nitrogens is 3. The van der Waals surface area contributed by atoms with Gasteiger partial charge in [0.15, 0.2) is 5.65 Å². The molecule has 3 aromatic rings. The number of allylic oxidation sites excluding steroid dienone is 2. The predicted molar refractivity (Wildman–Crippen MR) is 157 cm³/mol. The number of aryl methyl sites for hydroxylation is 1. The molecule has 2 aliphatic rings. The van der Waals surface area contributed by atoms with Crippen molar-refractivity contribution in [2.75, 3.05) is 12.9 Å². The Morgan fingerprint density at radius 2 is 1.95 bits per heavy atom. The number of ether oxygens (including phenoxy) is 3. The molecular weight excluding hydrogens is 558 g/mol. The number of amides is 2. The summed E-state index contributed by atoms with van der Waals surface area (Å²) in [5.41, 5.74) is 2.64. The molecule has 1 aromatic carbocycles. The average molecular weight is 592 g/mol. The second-order valence-corrected chi connectivity index (χ2v) is 11.9. The van der Waals surface area contributed by atoms with E-state index in [0.29, 0.717) is 29.9 Å². The Hall–Kier alpha value is -4.32. The maximum atomic E-state index is 13.4. The van der Waals surface area contributed by atoms with Crippen molar-refractivity contribution in [3.63, 3.8) is 0 Å². The summed E-state index contributed by atoms with van der Waals surface area (Å²) in [6.45, 7) is 5.29. The van der Waals surface area contributed by atoms with Gasteiger partial charge in [-0.1, -0.05) is 24.3 Å². The normalized spacial score (nSPS) is 18.6. The third-order valence-corrected chi connectivity index (χ3v) is 7.89. The summed E-state index contributed by atoms with van der Waals surface area (Å²) >= 11 is 1.47. The zero-order valence-electron chi connectivity index (χ0n) is 23.9. The van der Waals surface area contributed by atoms with Gasteiger partial charge in [0.05, 0.1) is 12.8 Å². The van der Waals surface area contributed by atoms with E-state index < -0.39 is 35.0 Å². The van der Waals surface area contributed by atoms with Crippen LogP contribution in [-0.4, -0.2) is 67.3 Å². The van der Waals surface area contributed by atoms with E-state index in [4.69, 9.17) is 14.2 Å². The van der Waals surface area contributed by atoms with Crippen molar-refractivity contribution in [3.8, 4) is 5.75 Å². The van der Waals surface area contributed by atoms with Gasteiger partial charge >= 0.3 is 12.1 Å². The molecule has 2 aliphatic heterocycles. The lowest BCUT2D eigenvalue weighted by Crippen LogP contribution is -2.70. The molecule has 12 heteroatoms. The molecule has 4 heterocycles. The SMILES string of the molecule is COc1ccc(COC(=O)C2=C(/C=C/CCc3ccc4nccn4n3)CS[C@@H]3[C@H](NC(=O)OC(C)(C)C)C(=O)N23)cc1. The van der Waals surface area contributed by atoms with Crippen LogP contribution < -0.4 is 10.1 Å². The number of alkyl carbamates (subject to hydrolysis) is 1. The Morgan fingerprint density at radius 1 is 1.17 bits per heavy atom. The fraction of sp³-hybridized carbons (Fsp3) is 0.367. The third-order valence-electron chi connectivity index (χ3n) is 6.59. The number of hydrogen-bond donors (Lipinski definition) is 1. The maximum absolute atomic E-state index is 13.4. The molecule has 5 rings (SSSR count). The largest absolute Gasteiger partial charge is 0.497 e. The zero-order chi connectivity index (χ0) is 29.9. The van der Waals surface area contributed by atoms with E-state index >= 15 is 0 Å². The van der Waals surface area contributed by atoms with Crippen molar-refractivity contribution >= 4 is 35.4 Å². The summed E-state index contributed by atoms with van der Waals surface area (Å²) in [7, 11) is 1.58. The number of nitrogens with zero attached hydrogens (tertiary/aromatic N) is 4. The van der Waals surface area contributed by atoms with Gasteiger partial charge in [0.2, 0.25) is 0 Å². The Bertz CT molecular complexity index is 1540. The standard InChI is InChI=1S/C30H33N5O6S/c1-30(2,3)41-29(38)32-24-26(36)35-25(28(37)40-17-19-9-12-22(39-4)13-10-19)20(18-42-27(24)35)7-5-6-8-21-11-14-23-31-15-16-34(23)33-21/h5,7,9-16,24,27H,6,8,17-18H2,1-4H3,(H,32,38)/b7-5+/t24-,27-/m1/s1. The molecule has 2 amide bonds. The molecule has 0 bridgehead atoms. The molecule has 1 saturated heterocycles. The van der Waals surface area contributed by atoms with Gasteiger partial charge in [-0.15, -0.1) is 11.8 Å². The summed E-state index contributed by atoms with van der Waals surface area (Å²) < 4.78 is 17.9. The number of fused-ring (bicyclic) bond motifs is 2. The maximum Gasteiger partial charge on any atom is 0.408 e. The highest BCUT2D eigenvalue weighted by Gasteiger charge is 2.54. The molecule has 0 aliphatic carbocycles. The van der Waals surface area contributed by atoms with E-state index in [1.54, 1.807) is 56.9 Å². The first-order valence-electron chi connectivity index (χ1n) is 13.6. The van der Waals surface area contributed by atoms with E-state index in [-0.39, 0.29) is 12.3 Å². The first kappa shape index (κ1) is 29.2. The molecule has 0 spiro atoms. The second kappa shape index (κ2) is 12.3. The minimum absolute atomic E-state index is 0.0329. The first-order valence-corrected chi connectivity index (χ1v) is 14.6. The number of methoxy groups -OCH3 is 1. The number of imidazole rings is 1. The number of rotatable bonds is 9. The molecule has 0 unspecified atom stereocenters. The van der Waals surface area contributed by atoms with E-state index in [1.807, 2.05) is 36.4 Å². The zero-order valence-corrected chi connectivity index (χ0v) is 24.7. The lowest BCUT2D eigenvalue weighted by molar-refractivity contribution is -0.152.